The van der Waals surface area contributed by atoms with E-state index in [-0.39, 0.29) is 12.4 Å². The lowest BCUT2D eigenvalue weighted by atomic mass is 10.4. The summed E-state index contributed by atoms with van der Waals surface area (Å²) < 4.78 is 0. The SMILES string of the molecule is Cl.NCCn1nnc(C2CC2)n1. The van der Waals surface area contributed by atoms with E-state index in [4.69, 9.17) is 5.73 Å². The van der Waals surface area contributed by atoms with Gasteiger partial charge >= 0.3 is 0 Å². The Kier molecular flexibility index (Phi) is 2.99. The van der Waals surface area contributed by atoms with Gasteiger partial charge in [0, 0.05) is 12.5 Å². The van der Waals surface area contributed by atoms with Crippen molar-refractivity contribution in [2.75, 3.05) is 6.54 Å². The Morgan fingerprint density at radius 1 is 1.50 bits per heavy atom. The molecule has 0 unspecified atom stereocenters. The smallest absolute Gasteiger partial charge is 0.177 e. The van der Waals surface area contributed by atoms with Crippen molar-refractivity contribution in [1.82, 2.24) is 20.2 Å². The molecule has 0 aliphatic heterocycles. The number of tetrazole rings is 1. The van der Waals surface area contributed by atoms with Crippen LogP contribution in [-0.4, -0.2) is 26.8 Å². The molecule has 1 heterocycles. The molecule has 2 rings (SSSR count). The van der Waals surface area contributed by atoms with Crippen LogP contribution >= 0.6 is 12.4 Å². The van der Waals surface area contributed by atoms with Gasteiger partial charge in [0.2, 0.25) is 0 Å². The molecule has 68 valence electrons. The van der Waals surface area contributed by atoms with E-state index < -0.39 is 0 Å². The van der Waals surface area contributed by atoms with Crippen LogP contribution in [0, 0.1) is 0 Å². The van der Waals surface area contributed by atoms with Gasteiger partial charge < -0.3 is 5.73 Å². The van der Waals surface area contributed by atoms with Crippen molar-refractivity contribution in [3.63, 3.8) is 0 Å². The molecule has 1 fully saturated rings. The second-order valence-electron chi connectivity index (χ2n) is 2.81. The summed E-state index contributed by atoms with van der Waals surface area (Å²) in [6.07, 6.45) is 2.43. The van der Waals surface area contributed by atoms with Crippen LogP contribution < -0.4 is 5.73 Å². The lowest BCUT2D eigenvalue weighted by Gasteiger charge is -1.90. The lowest BCUT2D eigenvalue weighted by molar-refractivity contribution is 0.529. The first kappa shape index (κ1) is 9.41. The highest BCUT2D eigenvalue weighted by Gasteiger charge is 2.28. The zero-order valence-electron chi connectivity index (χ0n) is 6.68. The molecule has 0 spiro atoms. The molecule has 0 radical (unpaired) electrons. The normalized spacial score (nSPS) is 15.8. The van der Waals surface area contributed by atoms with Gasteiger partial charge in [0.15, 0.2) is 5.82 Å². The molecular weight excluding hydrogens is 178 g/mol. The number of halogens is 1. The summed E-state index contributed by atoms with van der Waals surface area (Å²) in [6.45, 7) is 1.24. The van der Waals surface area contributed by atoms with Gasteiger partial charge in [-0.3, -0.25) is 0 Å². The van der Waals surface area contributed by atoms with Gasteiger partial charge in [0.25, 0.3) is 0 Å². The minimum Gasteiger partial charge on any atom is -0.329 e. The van der Waals surface area contributed by atoms with Crippen molar-refractivity contribution in [2.24, 2.45) is 5.73 Å². The molecule has 0 bridgehead atoms. The minimum atomic E-state index is 0. The minimum absolute atomic E-state index is 0. The van der Waals surface area contributed by atoms with Crippen molar-refractivity contribution >= 4 is 12.4 Å². The molecule has 0 saturated heterocycles. The zero-order valence-corrected chi connectivity index (χ0v) is 7.50. The maximum atomic E-state index is 5.33. The van der Waals surface area contributed by atoms with E-state index >= 15 is 0 Å². The summed E-state index contributed by atoms with van der Waals surface area (Å²) in [5.41, 5.74) is 5.33. The Balaban J connectivity index is 0.000000720. The van der Waals surface area contributed by atoms with Crippen LogP contribution in [0.1, 0.15) is 24.6 Å². The molecule has 1 aromatic rings. The molecule has 1 aliphatic rings. The van der Waals surface area contributed by atoms with E-state index in [9.17, 15) is 0 Å². The summed E-state index contributed by atoms with van der Waals surface area (Å²) in [6, 6.07) is 0. The van der Waals surface area contributed by atoms with E-state index in [1.165, 1.54) is 12.8 Å². The summed E-state index contributed by atoms with van der Waals surface area (Å²) in [7, 11) is 0. The van der Waals surface area contributed by atoms with Gasteiger partial charge in [-0.1, -0.05) is 0 Å². The highest BCUT2D eigenvalue weighted by atomic mass is 35.5. The van der Waals surface area contributed by atoms with Crippen molar-refractivity contribution in [3.05, 3.63) is 5.82 Å². The van der Waals surface area contributed by atoms with Gasteiger partial charge in [-0.2, -0.15) is 4.80 Å². The molecule has 2 N–H and O–H groups in total. The van der Waals surface area contributed by atoms with Crippen LogP contribution in [0.5, 0.6) is 0 Å². The Morgan fingerprint density at radius 3 is 2.83 bits per heavy atom. The van der Waals surface area contributed by atoms with Gasteiger partial charge in [0.1, 0.15) is 0 Å². The van der Waals surface area contributed by atoms with E-state index in [1.807, 2.05) is 0 Å². The number of rotatable bonds is 3. The molecule has 0 atom stereocenters. The largest absolute Gasteiger partial charge is 0.329 e. The van der Waals surface area contributed by atoms with Crippen LogP contribution in [0.15, 0.2) is 0 Å². The summed E-state index contributed by atoms with van der Waals surface area (Å²) in [4.78, 5) is 1.56. The Labute approximate surface area is 76.7 Å². The number of nitrogens with zero attached hydrogens (tertiary/aromatic N) is 4. The summed E-state index contributed by atoms with van der Waals surface area (Å²) >= 11 is 0. The fraction of sp³-hybridized carbons (Fsp3) is 0.833. The monoisotopic (exact) mass is 189 g/mol. The van der Waals surface area contributed by atoms with Crippen LogP contribution in [0.3, 0.4) is 0 Å². The molecule has 1 aromatic heterocycles. The third-order valence-corrected chi connectivity index (χ3v) is 1.74. The fourth-order valence-corrected chi connectivity index (χ4v) is 0.971. The third kappa shape index (κ3) is 1.92. The zero-order chi connectivity index (χ0) is 7.68. The average molecular weight is 190 g/mol. The highest BCUT2D eigenvalue weighted by molar-refractivity contribution is 5.85. The average Bonchev–Trinajstić information content (AvgIpc) is 2.75. The molecule has 12 heavy (non-hydrogen) atoms. The molecule has 0 aromatic carbocycles. The second kappa shape index (κ2) is 3.82. The Hall–Kier alpha value is -0.680. The number of nitrogens with two attached hydrogens (primary N) is 1. The highest BCUT2D eigenvalue weighted by Crippen LogP contribution is 2.37. The van der Waals surface area contributed by atoms with E-state index in [2.05, 4.69) is 15.4 Å². The van der Waals surface area contributed by atoms with E-state index in [1.54, 1.807) is 4.80 Å². The number of aromatic nitrogens is 4. The fourth-order valence-electron chi connectivity index (χ4n) is 0.971. The number of hydrogen-bond acceptors (Lipinski definition) is 4. The van der Waals surface area contributed by atoms with E-state index in [0.29, 0.717) is 19.0 Å². The quantitative estimate of drug-likeness (QED) is 0.723. The predicted octanol–water partition coefficient (Wildman–Crippen LogP) is -0.0690. The first-order valence-electron chi connectivity index (χ1n) is 3.88. The number of hydrogen-bond donors (Lipinski definition) is 1. The van der Waals surface area contributed by atoms with Crippen LogP contribution in [0.4, 0.5) is 0 Å². The van der Waals surface area contributed by atoms with Crippen LogP contribution in [0.25, 0.3) is 0 Å². The summed E-state index contributed by atoms with van der Waals surface area (Å²) in [5.74, 6) is 1.47. The molecular formula is C6H12ClN5. The maximum absolute atomic E-state index is 5.33. The topological polar surface area (TPSA) is 69.6 Å². The van der Waals surface area contributed by atoms with Gasteiger partial charge in [-0.15, -0.1) is 22.6 Å². The summed E-state index contributed by atoms with van der Waals surface area (Å²) in [5, 5.41) is 12.0. The predicted molar refractivity (Wildman–Crippen MR) is 46.1 cm³/mol. The van der Waals surface area contributed by atoms with Gasteiger partial charge in [-0.25, -0.2) is 0 Å². The molecule has 6 heteroatoms. The first-order valence-corrected chi connectivity index (χ1v) is 3.88. The lowest BCUT2D eigenvalue weighted by Crippen LogP contribution is -2.12. The molecule has 1 saturated carbocycles. The van der Waals surface area contributed by atoms with Crippen LogP contribution in [-0.2, 0) is 6.54 Å². The molecule has 0 amide bonds. The van der Waals surface area contributed by atoms with Crippen LogP contribution in [0.2, 0.25) is 0 Å². The molecule has 1 aliphatic carbocycles. The van der Waals surface area contributed by atoms with Crippen molar-refractivity contribution in [2.45, 2.75) is 25.3 Å². The maximum Gasteiger partial charge on any atom is 0.177 e. The third-order valence-electron chi connectivity index (χ3n) is 1.74. The Bertz CT molecular complexity index is 244. The Morgan fingerprint density at radius 2 is 2.25 bits per heavy atom. The first-order chi connectivity index (χ1) is 5.40. The van der Waals surface area contributed by atoms with Crippen molar-refractivity contribution in [1.29, 1.82) is 0 Å². The second-order valence-corrected chi connectivity index (χ2v) is 2.81. The van der Waals surface area contributed by atoms with E-state index in [0.717, 1.165) is 5.82 Å². The van der Waals surface area contributed by atoms with Crippen molar-refractivity contribution < 1.29 is 0 Å². The van der Waals surface area contributed by atoms with Crippen molar-refractivity contribution in [3.8, 4) is 0 Å². The standard InChI is InChI=1S/C6H11N5.ClH/c7-3-4-11-9-6(8-10-11)5-1-2-5;/h5H,1-4,7H2;1H. The molecule has 5 nitrogen and oxygen atoms in total. The van der Waals surface area contributed by atoms with Gasteiger partial charge in [-0.05, 0) is 18.1 Å². The van der Waals surface area contributed by atoms with Gasteiger partial charge in [0.05, 0.1) is 6.54 Å².